The molecule has 158 valence electrons. The summed E-state index contributed by atoms with van der Waals surface area (Å²) >= 11 is 12.2. The Kier molecular flexibility index (Phi) is 5.22. The van der Waals surface area contributed by atoms with Crippen LogP contribution in [0, 0.1) is 0 Å². The molecule has 2 aromatic carbocycles. The molecule has 4 nitrogen and oxygen atoms in total. The fraction of sp³-hybridized carbons (Fsp3) is 0.333. The zero-order valence-corrected chi connectivity index (χ0v) is 17.1. The maximum atomic E-state index is 13.3. The molecule has 9 heteroatoms. The molecule has 0 aliphatic carbocycles. The SMILES string of the molecule is O=C1CC2(CCN(C(=O)c3ccccc3C(F)(F)F)CC2)Oc2c(Cl)cc(Cl)cc21. The van der Waals surface area contributed by atoms with Crippen molar-refractivity contribution in [2.45, 2.75) is 31.0 Å². The minimum absolute atomic E-state index is 0.0951. The van der Waals surface area contributed by atoms with Crippen molar-refractivity contribution in [2.75, 3.05) is 13.1 Å². The number of Topliss-reactive ketones (excluding diaryl/α,β-unsaturated/α-hetero) is 1. The molecule has 0 N–H and O–H groups in total. The molecule has 2 heterocycles. The van der Waals surface area contributed by atoms with E-state index in [1.807, 2.05) is 0 Å². The van der Waals surface area contributed by atoms with Crippen LogP contribution in [0.1, 0.15) is 45.5 Å². The molecule has 1 spiro atoms. The molecule has 0 radical (unpaired) electrons. The number of nitrogens with zero attached hydrogens (tertiary/aromatic N) is 1. The molecular formula is C21H16Cl2F3NO3. The van der Waals surface area contributed by atoms with Gasteiger partial charge in [0.25, 0.3) is 5.91 Å². The van der Waals surface area contributed by atoms with Crippen LogP contribution in [-0.4, -0.2) is 35.3 Å². The first-order valence-corrected chi connectivity index (χ1v) is 10.0. The lowest BCUT2D eigenvalue weighted by atomic mass is 9.82. The van der Waals surface area contributed by atoms with Gasteiger partial charge in [0, 0.05) is 31.0 Å². The van der Waals surface area contributed by atoms with Crippen molar-refractivity contribution in [2.24, 2.45) is 0 Å². The van der Waals surface area contributed by atoms with E-state index in [4.69, 9.17) is 27.9 Å². The number of halogens is 5. The number of carbonyl (C=O) groups is 2. The van der Waals surface area contributed by atoms with E-state index < -0.39 is 23.2 Å². The summed E-state index contributed by atoms with van der Waals surface area (Å²) in [6.45, 7) is 0.331. The molecule has 30 heavy (non-hydrogen) atoms. The molecule has 2 aliphatic heterocycles. The van der Waals surface area contributed by atoms with E-state index in [1.54, 1.807) is 0 Å². The van der Waals surface area contributed by atoms with Gasteiger partial charge in [-0.1, -0.05) is 35.3 Å². The second-order valence-electron chi connectivity index (χ2n) is 7.48. The monoisotopic (exact) mass is 457 g/mol. The molecule has 2 aromatic rings. The van der Waals surface area contributed by atoms with Crippen molar-refractivity contribution in [3.05, 3.63) is 63.1 Å². The second kappa shape index (κ2) is 7.46. The summed E-state index contributed by atoms with van der Waals surface area (Å²) in [5.41, 5.74) is -1.88. The topological polar surface area (TPSA) is 46.6 Å². The average Bonchev–Trinajstić information content (AvgIpc) is 2.69. The van der Waals surface area contributed by atoms with Crippen LogP contribution in [0.5, 0.6) is 5.75 Å². The largest absolute Gasteiger partial charge is 0.484 e. The molecule has 1 fully saturated rings. The zero-order valence-electron chi connectivity index (χ0n) is 15.6. The van der Waals surface area contributed by atoms with Crippen molar-refractivity contribution in [3.63, 3.8) is 0 Å². The number of alkyl halides is 3. The summed E-state index contributed by atoms with van der Waals surface area (Å²) in [6, 6.07) is 7.72. The van der Waals surface area contributed by atoms with Gasteiger partial charge in [0.15, 0.2) is 5.78 Å². The molecular weight excluding hydrogens is 442 g/mol. The van der Waals surface area contributed by atoms with Gasteiger partial charge in [-0.15, -0.1) is 0 Å². The van der Waals surface area contributed by atoms with Crippen molar-refractivity contribution >= 4 is 34.9 Å². The summed E-state index contributed by atoms with van der Waals surface area (Å²) in [5.74, 6) is -0.590. The lowest BCUT2D eigenvalue weighted by Gasteiger charge is -2.44. The highest BCUT2D eigenvalue weighted by Gasteiger charge is 2.45. The molecule has 1 amide bonds. The van der Waals surface area contributed by atoms with Gasteiger partial charge in [-0.25, -0.2) is 0 Å². The van der Waals surface area contributed by atoms with Gasteiger partial charge in [0.05, 0.1) is 28.1 Å². The van der Waals surface area contributed by atoms with Gasteiger partial charge in [0.2, 0.25) is 0 Å². The first-order chi connectivity index (χ1) is 14.1. The van der Waals surface area contributed by atoms with Crippen LogP contribution in [0.25, 0.3) is 0 Å². The number of hydrogen-bond donors (Lipinski definition) is 0. The van der Waals surface area contributed by atoms with Gasteiger partial charge in [-0.2, -0.15) is 13.2 Å². The lowest BCUT2D eigenvalue weighted by molar-refractivity contribution is -0.138. The Morgan fingerprint density at radius 1 is 1.10 bits per heavy atom. The predicted octanol–water partition coefficient (Wildman–Crippen LogP) is 5.65. The van der Waals surface area contributed by atoms with Gasteiger partial charge in [0.1, 0.15) is 11.4 Å². The van der Waals surface area contributed by atoms with E-state index in [0.717, 1.165) is 6.07 Å². The van der Waals surface area contributed by atoms with Gasteiger partial charge in [-0.3, -0.25) is 9.59 Å². The van der Waals surface area contributed by atoms with Crippen LogP contribution in [0.3, 0.4) is 0 Å². The Labute approximate surface area is 180 Å². The average molecular weight is 458 g/mol. The van der Waals surface area contributed by atoms with Crippen LogP contribution in [0.4, 0.5) is 13.2 Å². The second-order valence-corrected chi connectivity index (χ2v) is 8.33. The minimum atomic E-state index is -4.62. The summed E-state index contributed by atoms with van der Waals surface area (Å²) in [4.78, 5) is 26.8. The molecule has 4 rings (SSSR count). The Hall–Kier alpha value is -2.25. The van der Waals surface area contributed by atoms with E-state index in [1.165, 1.54) is 35.2 Å². The van der Waals surface area contributed by atoms with Crippen molar-refractivity contribution < 1.29 is 27.5 Å². The first-order valence-electron chi connectivity index (χ1n) is 9.26. The molecule has 0 saturated carbocycles. The zero-order chi connectivity index (χ0) is 21.7. The van der Waals surface area contributed by atoms with Crippen molar-refractivity contribution in [1.29, 1.82) is 0 Å². The lowest BCUT2D eigenvalue weighted by Crippen LogP contribution is -2.52. The number of ketones is 1. The van der Waals surface area contributed by atoms with E-state index in [-0.39, 0.29) is 41.6 Å². The number of rotatable bonds is 1. The van der Waals surface area contributed by atoms with Crippen molar-refractivity contribution in [3.8, 4) is 5.75 Å². The van der Waals surface area contributed by atoms with Crippen LogP contribution in [0.2, 0.25) is 10.0 Å². The summed E-state index contributed by atoms with van der Waals surface area (Å²) < 4.78 is 45.9. The standard InChI is InChI=1S/C21H16Cl2F3NO3/c22-12-9-14-17(28)11-20(30-18(14)16(23)10-12)5-7-27(8-6-20)19(29)13-3-1-2-4-15(13)21(24,25)26/h1-4,9-10H,5-8,11H2. The number of piperidine rings is 1. The molecule has 0 aromatic heterocycles. The van der Waals surface area contributed by atoms with E-state index in [0.29, 0.717) is 23.4 Å². The Balaban J connectivity index is 1.54. The molecule has 0 atom stereocenters. The predicted molar refractivity (Wildman–Crippen MR) is 105 cm³/mol. The number of hydrogen-bond acceptors (Lipinski definition) is 3. The number of carbonyl (C=O) groups excluding carboxylic acids is 2. The number of fused-ring (bicyclic) bond motifs is 1. The first kappa shape index (κ1) is 21.0. The number of amides is 1. The normalized spacial score (nSPS) is 18.2. The molecule has 0 unspecified atom stereocenters. The maximum Gasteiger partial charge on any atom is 0.417 e. The van der Waals surface area contributed by atoms with Gasteiger partial charge in [-0.05, 0) is 24.3 Å². The number of benzene rings is 2. The highest BCUT2D eigenvalue weighted by molar-refractivity contribution is 6.36. The fourth-order valence-corrected chi connectivity index (χ4v) is 4.53. The fourth-order valence-electron chi connectivity index (χ4n) is 3.99. The molecule has 1 saturated heterocycles. The summed E-state index contributed by atoms with van der Waals surface area (Å²) in [7, 11) is 0. The van der Waals surface area contributed by atoms with Gasteiger partial charge >= 0.3 is 6.18 Å². The van der Waals surface area contributed by atoms with Crippen LogP contribution < -0.4 is 4.74 Å². The van der Waals surface area contributed by atoms with Crippen LogP contribution in [-0.2, 0) is 6.18 Å². The van der Waals surface area contributed by atoms with Crippen LogP contribution in [0.15, 0.2) is 36.4 Å². The smallest absolute Gasteiger partial charge is 0.417 e. The number of likely N-dealkylation sites (tertiary alicyclic amines) is 1. The van der Waals surface area contributed by atoms with E-state index in [9.17, 15) is 22.8 Å². The third-order valence-electron chi connectivity index (χ3n) is 5.53. The molecule has 0 bridgehead atoms. The van der Waals surface area contributed by atoms with Gasteiger partial charge < -0.3 is 9.64 Å². The maximum absolute atomic E-state index is 13.3. The molecule has 2 aliphatic rings. The third-order valence-corrected chi connectivity index (χ3v) is 6.03. The highest BCUT2D eigenvalue weighted by Crippen LogP contribution is 2.44. The van der Waals surface area contributed by atoms with E-state index >= 15 is 0 Å². The Bertz CT molecular complexity index is 1030. The Morgan fingerprint density at radius 2 is 1.77 bits per heavy atom. The van der Waals surface area contributed by atoms with Crippen molar-refractivity contribution in [1.82, 2.24) is 4.90 Å². The highest BCUT2D eigenvalue weighted by atomic mass is 35.5. The minimum Gasteiger partial charge on any atom is -0.484 e. The van der Waals surface area contributed by atoms with E-state index in [2.05, 4.69) is 0 Å². The quantitative estimate of drug-likeness (QED) is 0.555. The summed E-state index contributed by atoms with van der Waals surface area (Å²) in [6.07, 6.45) is -3.92. The summed E-state index contributed by atoms with van der Waals surface area (Å²) in [5, 5.41) is 0.554. The Morgan fingerprint density at radius 3 is 2.43 bits per heavy atom. The number of ether oxygens (including phenoxy) is 1. The van der Waals surface area contributed by atoms with Crippen LogP contribution >= 0.6 is 23.2 Å². The third kappa shape index (κ3) is 3.76.